The predicted octanol–water partition coefficient (Wildman–Crippen LogP) is 3.78. The van der Waals surface area contributed by atoms with E-state index in [-0.39, 0.29) is 6.04 Å². The first-order chi connectivity index (χ1) is 13.7. The first kappa shape index (κ1) is 18.5. The zero-order chi connectivity index (χ0) is 19.3. The van der Waals surface area contributed by atoms with E-state index in [2.05, 4.69) is 40.5 Å². The third kappa shape index (κ3) is 4.17. The molecule has 1 aliphatic heterocycles. The molecule has 0 amide bonds. The van der Waals surface area contributed by atoms with E-state index >= 15 is 0 Å². The summed E-state index contributed by atoms with van der Waals surface area (Å²) in [6, 6.07) is 10.1. The zero-order valence-electron chi connectivity index (χ0n) is 16.4. The fourth-order valence-electron chi connectivity index (χ4n) is 3.59. The highest BCUT2D eigenvalue weighted by molar-refractivity contribution is 5.58. The number of rotatable bonds is 6. The molecule has 0 spiro atoms. The maximum Gasteiger partial charge on any atom is 0.180 e. The molecule has 0 saturated carbocycles. The number of nitrogens with zero attached hydrogens (tertiary/aromatic N) is 4. The summed E-state index contributed by atoms with van der Waals surface area (Å²) in [6.45, 7) is 6.18. The van der Waals surface area contributed by atoms with Gasteiger partial charge < -0.3 is 10.6 Å². The molecule has 144 valence electrons. The maximum absolute atomic E-state index is 4.90. The number of anilines is 1. The average Bonchev–Trinajstić information content (AvgIpc) is 2.74. The lowest BCUT2D eigenvalue weighted by molar-refractivity contribution is 0.527. The van der Waals surface area contributed by atoms with Crippen LogP contribution >= 0.6 is 0 Å². The summed E-state index contributed by atoms with van der Waals surface area (Å²) in [5, 5.41) is 7.13. The highest BCUT2D eigenvalue weighted by atomic mass is 15.1. The van der Waals surface area contributed by atoms with Gasteiger partial charge in [0.2, 0.25) is 0 Å². The van der Waals surface area contributed by atoms with Gasteiger partial charge in [0.05, 0.1) is 11.7 Å². The van der Waals surface area contributed by atoms with E-state index in [9.17, 15) is 0 Å². The summed E-state index contributed by atoms with van der Waals surface area (Å²) in [4.78, 5) is 18.4. The minimum absolute atomic E-state index is 0.152. The van der Waals surface area contributed by atoms with Crippen LogP contribution < -0.4 is 10.6 Å². The highest BCUT2D eigenvalue weighted by Crippen LogP contribution is 2.30. The number of fused-ring (bicyclic) bond motifs is 1. The number of hydrogen-bond donors (Lipinski definition) is 2. The summed E-state index contributed by atoms with van der Waals surface area (Å²) >= 11 is 0. The summed E-state index contributed by atoms with van der Waals surface area (Å²) in [7, 11) is 0. The largest absolute Gasteiger partial charge is 0.363 e. The van der Waals surface area contributed by atoms with Crippen molar-refractivity contribution in [1.29, 1.82) is 0 Å². The summed E-state index contributed by atoms with van der Waals surface area (Å²) in [5.74, 6) is 2.13. The van der Waals surface area contributed by atoms with Crippen LogP contribution in [0.3, 0.4) is 0 Å². The number of nitrogens with one attached hydrogen (secondary N) is 2. The summed E-state index contributed by atoms with van der Waals surface area (Å²) in [5.41, 5.74) is 4.23. The van der Waals surface area contributed by atoms with E-state index in [1.807, 2.05) is 36.7 Å². The van der Waals surface area contributed by atoms with Crippen LogP contribution in [-0.2, 0) is 13.0 Å². The van der Waals surface area contributed by atoms with E-state index in [1.54, 1.807) is 6.20 Å². The first-order valence-electron chi connectivity index (χ1n) is 9.89. The number of pyridine rings is 2. The van der Waals surface area contributed by atoms with Gasteiger partial charge in [0.25, 0.3) is 0 Å². The minimum atomic E-state index is 0.152. The summed E-state index contributed by atoms with van der Waals surface area (Å²) < 4.78 is 0. The van der Waals surface area contributed by atoms with E-state index in [1.165, 1.54) is 11.1 Å². The Morgan fingerprint density at radius 3 is 2.79 bits per heavy atom. The molecule has 6 nitrogen and oxygen atoms in total. The van der Waals surface area contributed by atoms with Crippen molar-refractivity contribution in [2.75, 3.05) is 11.9 Å². The van der Waals surface area contributed by atoms with Gasteiger partial charge in [-0.1, -0.05) is 26.0 Å². The van der Waals surface area contributed by atoms with Crippen LogP contribution in [0.25, 0.3) is 11.5 Å². The van der Waals surface area contributed by atoms with Crippen LogP contribution in [0.4, 0.5) is 5.82 Å². The molecule has 2 N–H and O–H groups in total. The Hall–Kier alpha value is -2.86. The van der Waals surface area contributed by atoms with Crippen LogP contribution in [0, 0.1) is 5.92 Å². The monoisotopic (exact) mass is 374 g/mol. The van der Waals surface area contributed by atoms with Gasteiger partial charge in [-0.15, -0.1) is 0 Å². The van der Waals surface area contributed by atoms with Gasteiger partial charge >= 0.3 is 0 Å². The van der Waals surface area contributed by atoms with E-state index in [0.717, 1.165) is 43.1 Å². The van der Waals surface area contributed by atoms with Crippen LogP contribution in [0.5, 0.6) is 0 Å². The molecule has 28 heavy (non-hydrogen) atoms. The standard InChI is InChI=1S/C22H26N6/c1-15(2)12-19(16-6-5-9-23-13-16)26-21-17-8-11-24-14-20(17)27-22(28-21)18-7-3-4-10-25-18/h3-7,9-10,13,15,19,24H,8,11-12,14H2,1-2H3,(H,26,27,28). The van der Waals surface area contributed by atoms with Crippen LogP contribution in [0.1, 0.15) is 43.1 Å². The molecule has 3 aromatic heterocycles. The molecule has 0 radical (unpaired) electrons. The van der Waals surface area contributed by atoms with Crippen molar-refractivity contribution < 1.29 is 0 Å². The number of hydrogen-bond acceptors (Lipinski definition) is 6. The lowest BCUT2D eigenvalue weighted by Crippen LogP contribution is -2.27. The van der Waals surface area contributed by atoms with Gasteiger partial charge in [0.1, 0.15) is 11.5 Å². The average molecular weight is 374 g/mol. The fraction of sp³-hybridized carbons (Fsp3) is 0.364. The molecular formula is C22H26N6. The highest BCUT2D eigenvalue weighted by Gasteiger charge is 2.22. The lowest BCUT2D eigenvalue weighted by atomic mass is 9.97. The molecule has 1 unspecified atom stereocenters. The fourth-order valence-corrected chi connectivity index (χ4v) is 3.59. The molecular weight excluding hydrogens is 348 g/mol. The Balaban J connectivity index is 1.74. The Morgan fingerprint density at radius 2 is 2.04 bits per heavy atom. The molecule has 0 fully saturated rings. The molecule has 0 aromatic carbocycles. The Labute approximate surface area is 165 Å². The topological polar surface area (TPSA) is 75.6 Å². The quantitative estimate of drug-likeness (QED) is 0.684. The van der Waals surface area contributed by atoms with Crippen LogP contribution in [-0.4, -0.2) is 26.5 Å². The van der Waals surface area contributed by atoms with E-state index in [4.69, 9.17) is 9.97 Å². The van der Waals surface area contributed by atoms with Gasteiger partial charge in [0.15, 0.2) is 5.82 Å². The first-order valence-corrected chi connectivity index (χ1v) is 9.89. The minimum Gasteiger partial charge on any atom is -0.363 e. The van der Waals surface area contributed by atoms with Crippen molar-refractivity contribution in [3.63, 3.8) is 0 Å². The lowest BCUT2D eigenvalue weighted by Gasteiger charge is -2.26. The zero-order valence-corrected chi connectivity index (χ0v) is 16.4. The SMILES string of the molecule is CC(C)CC(Nc1nc(-c2ccccn2)nc2c1CCNC2)c1cccnc1. The van der Waals surface area contributed by atoms with Gasteiger partial charge in [-0.25, -0.2) is 9.97 Å². The van der Waals surface area contributed by atoms with Crippen LogP contribution in [0.2, 0.25) is 0 Å². The molecule has 4 heterocycles. The van der Waals surface area contributed by atoms with Crippen molar-refractivity contribution in [2.45, 2.75) is 39.3 Å². The Kier molecular flexibility index (Phi) is 5.58. The second-order valence-electron chi connectivity index (χ2n) is 7.58. The van der Waals surface area contributed by atoms with Crippen molar-refractivity contribution in [1.82, 2.24) is 25.3 Å². The smallest absolute Gasteiger partial charge is 0.180 e. The maximum atomic E-state index is 4.90. The van der Waals surface area contributed by atoms with Crippen molar-refractivity contribution >= 4 is 5.82 Å². The van der Waals surface area contributed by atoms with E-state index in [0.29, 0.717) is 11.7 Å². The van der Waals surface area contributed by atoms with Crippen LogP contribution in [0.15, 0.2) is 48.9 Å². The molecule has 1 atom stereocenters. The Bertz CT molecular complexity index is 911. The van der Waals surface area contributed by atoms with Crippen molar-refractivity contribution in [3.8, 4) is 11.5 Å². The normalized spacial score (nSPS) is 14.5. The van der Waals surface area contributed by atoms with Gasteiger partial charge in [0, 0.05) is 30.7 Å². The molecule has 1 aliphatic rings. The molecule has 3 aromatic rings. The third-order valence-corrected chi connectivity index (χ3v) is 4.94. The van der Waals surface area contributed by atoms with Crippen molar-refractivity contribution in [2.24, 2.45) is 5.92 Å². The molecule has 0 saturated heterocycles. The van der Waals surface area contributed by atoms with Gasteiger partial charge in [-0.05, 0) is 49.1 Å². The Morgan fingerprint density at radius 1 is 1.11 bits per heavy atom. The number of aromatic nitrogens is 4. The molecule has 6 heteroatoms. The second-order valence-corrected chi connectivity index (χ2v) is 7.58. The van der Waals surface area contributed by atoms with Gasteiger partial charge in [-0.3, -0.25) is 9.97 Å². The third-order valence-electron chi connectivity index (χ3n) is 4.94. The predicted molar refractivity (Wildman–Crippen MR) is 111 cm³/mol. The summed E-state index contributed by atoms with van der Waals surface area (Å²) in [6.07, 6.45) is 7.45. The van der Waals surface area contributed by atoms with Gasteiger partial charge in [-0.2, -0.15) is 0 Å². The van der Waals surface area contributed by atoms with E-state index < -0.39 is 0 Å². The molecule has 4 rings (SSSR count). The second kappa shape index (κ2) is 8.44. The molecule has 0 aliphatic carbocycles. The molecule has 0 bridgehead atoms. The van der Waals surface area contributed by atoms with Crippen molar-refractivity contribution in [3.05, 3.63) is 65.7 Å².